The molecular formula is C15H23N5. The summed E-state index contributed by atoms with van der Waals surface area (Å²) in [6.45, 7) is 7.39. The predicted molar refractivity (Wildman–Crippen MR) is 79.4 cm³/mol. The molecule has 1 atom stereocenters. The molecule has 0 bridgehead atoms. The van der Waals surface area contributed by atoms with Crippen molar-refractivity contribution in [2.45, 2.75) is 39.3 Å². The molecule has 0 spiro atoms. The van der Waals surface area contributed by atoms with Crippen LogP contribution in [-0.2, 0) is 13.0 Å². The Balaban J connectivity index is 1.75. The van der Waals surface area contributed by atoms with Crippen molar-refractivity contribution in [3.05, 3.63) is 29.7 Å². The van der Waals surface area contributed by atoms with Crippen molar-refractivity contribution in [1.82, 2.24) is 19.5 Å². The fourth-order valence-corrected chi connectivity index (χ4v) is 3.01. The van der Waals surface area contributed by atoms with Gasteiger partial charge in [-0.25, -0.2) is 9.50 Å². The maximum Gasteiger partial charge on any atom is 0.160 e. The maximum absolute atomic E-state index is 5.75. The Labute approximate surface area is 119 Å². The minimum absolute atomic E-state index is 0.507. The average Bonchev–Trinajstić information content (AvgIpc) is 3.04. The molecule has 108 valence electrons. The molecule has 3 rings (SSSR count). The van der Waals surface area contributed by atoms with Gasteiger partial charge in [0.2, 0.25) is 0 Å². The van der Waals surface area contributed by atoms with Crippen molar-refractivity contribution in [3.8, 4) is 0 Å². The van der Waals surface area contributed by atoms with Gasteiger partial charge in [0.15, 0.2) is 11.5 Å². The van der Waals surface area contributed by atoms with Crippen LogP contribution in [0.15, 0.2) is 18.3 Å². The van der Waals surface area contributed by atoms with Crippen LogP contribution in [0.25, 0.3) is 5.65 Å². The molecule has 1 saturated heterocycles. The first-order valence-corrected chi connectivity index (χ1v) is 7.44. The molecule has 2 aromatic rings. The van der Waals surface area contributed by atoms with Crippen LogP contribution in [0.1, 0.15) is 31.7 Å². The lowest BCUT2D eigenvalue weighted by molar-refractivity contribution is 0.264. The Morgan fingerprint density at radius 3 is 3.00 bits per heavy atom. The molecule has 2 aromatic heterocycles. The molecule has 20 heavy (non-hydrogen) atoms. The quantitative estimate of drug-likeness (QED) is 0.916. The van der Waals surface area contributed by atoms with Gasteiger partial charge in [-0.05, 0) is 38.8 Å². The zero-order valence-corrected chi connectivity index (χ0v) is 12.3. The Bertz CT molecular complexity index is 589. The number of rotatable bonds is 4. The van der Waals surface area contributed by atoms with Gasteiger partial charge in [0, 0.05) is 37.3 Å². The van der Waals surface area contributed by atoms with Gasteiger partial charge < -0.3 is 10.6 Å². The van der Waals surface area contributed by atoms with E-state index in [0.29, 0.717) is 18.5 Å². The molecule has 0 aliphatic carbocycles. The van der Waals surface area contributed by atoms with Gasteiger partial charge in [-0.2, -0.15) is 5.10 Å². The summed E-state index contributed by atoms with van der Waals surface area (Å²) in [7, 11) is 0. The summed E-state index contributed by atoms with van der Waals surface area (Å²) in [5, 5.41) is 4.59. The second-order valence-corrected chi connectivity index (χ2v) is 5.98. The summed E-state index contributed by atoms with van der Waals surface area (Å²) >= 11 is 0. The van der Waals surface area contributed by atoms with Gasteiger partial charge in [-0.3, -0.25) is 0 Å². The van der Waals surface area contributed by atoms with Gasteiger partial charge in [-0.1, -0.05) is 6.07 Å². The molecular weight excluding hydrogens is 250 g/mol. The van der Waals surface area contributed by atoms with E-state index in [4.69, 9.17) is 5.73 Å². The van der Waals surface area contributed by atoms with Crippen molar-refractivity contribution in [3.63, 3.8) is 0 Å². The van der Waals surface area contributed by atoms with Crippen LogP contribution in [-0.4, -0.2) is 38.6 Å². The molecule has 1 fully saturated rings. The van der Waals surface area contributed by atoms with Crippen LogP contribution in [0.4, 0.5) is 0 Å². The predicted octanol–water partition coefficient (Wildman–Crippen LogP) is 1.46. The van der Waals surface area contributed by atoms with E-state index in [0.717, 1.165) is 30.0 Å². The number of hydrogen-bond acceptors (Lipinski definition) is 4. The summed E-state index contributed by atoms with van der Waals surface area (Å²) in [5.74, 6) is 1.62. The number of fused-ring (bicyclic) bond motifs is 1. The van der Waals surface area contributed by atoms with E-state index in [1.807, 2.05) is 22.8 Å². The number of likely N-dealkylation sites (tertiary alicyclic amines) is 1. The highest BCUT2D eigenvalue weighted by Crippen LogP contribution is 2.21. The van der Waals surface area contributed by atoms with E-state index in [-0.39, 0.29) is 0 Å². The third-order valence-electron chi connectivity index (χ3n) is 4.23. The zero-order valence-electron chi connectivity index (χ0n) is 12.3. The number of nitrogens with two attached hydrogens (primary N) is 1. The SMILES string of the molecule is CC(C)N1CCC(Cc2nc3c(CN)cccn3n2)C1. The minimum atomic E-state index is 0.507. The van der Waals surface area contributed by atoms with Crippen molar-refractivity contribution < 1.29 is 0 Å². The van der Waals surface area contributed by atoms with Crippen LogP contribution in [0, 0.1) is 5.92 Å². The molecule has 0 saturated carbocycles. The number of nitrogens with zero attached hydrogens (tertiary/aromatic N) is 4. The van der Waals surface area contributed by atoms with Crippen molar-refractivity contribution >= 4 is 5.65 Å². The number of aromatic nitrogens is 3. The fourth-order valence-electron chi connectivity index (χ4n) is 3.01. The Morgan fingerprint density at radius 2 is 2.30 bits per heavy atom. The molecule has 2 N–H and O–H groups in total. The van der Waals surface area contributed by atoms with Crippen LogP contribution >= 0.6 is 0 Å². The molecule has 5 nitrogen and oxygen atoms in total. The largest absolute Gasteiger partial charge is 0.326 e. The zero-order chi connectivity index (χ0) is 14.1. The first kappa shape index (κ1) is 13.5. The Kier molecular flexibility index (Phi) is 3.72. The lowest BCUT2D eigenvalue weighted by Gasteiger charge is -2.19. The minimum Gasteiger partial charge on any atom is -0.326 e. The molecule has 1 unspecified atom stereocenters. The third kappa shape index (κ3) is 2.55. The molecule has 0 radical (unpaired) electrons. The standard InChI is InChI=1S/C15H23N5/c1-11(2)19-7-5-12(10-19)8-14-17-15-13(9-16)4-3-6-20(15)18-14/h3-4,6,11-12H,5,7-10,16H2,1-2H3. The smallest absolute Gasteiger partial charge is 0.160 e. The average molecular weight is 273 g/mol. The molecule has 5 heteroatoms. The summed E-state index contributed by atoms with van der Waals surface area (Å²) in [6.07, 6.45) is 4.16. The summed E-state index contributed by atoms with van der Waals surface area (Å²) < 4.78 is 1.85. The number of hydrogen-bond donors (Lipinski definition) is 1. The molecule has 0 amide bonds. The van der Waals surface area contributed by atoms with E-state index >= 15 is 0 Å². The molecule has 1 aliphatic heterocycles. The molecule has 3 heterocycles. The van der Waals surface area contributed by atoms with Gasteiger partial charge in [-0.15, -0.1) is 0 Å². The summed E-state index contributed by atoms with van der Waals surface area (Å²) in [4.78, 5) is 7.20. The van der Waals surface area contributed by atoms with Gasteiger partial charge in [0.1, 0.15) is 0 Å². The van der Waals surface area contributed by atoms with Crippen LogP contribution in [0.3, 0.4) is 0 Å². The van der Waals surface area contributed by atoms with Gasteiger partial charge >= 0.3 is 0 Å². The van der Waals surface area contributed by atoms with E-state index < -0.39 is 0 Å². The lowest BCUT2D eigenvalue weighted by Crippen LogP contribution is -2.28. The second-order valence-electron chi connectivity index (χ2n) is 5.98. The van der Waals surface area contributed by atoms with Crippen LogP contribution in [0.2, 0.25) is 0 Å². The highest BCUT2D eigenvalue weighted by atomic mass is 15.3. The highest BCUT2D eigenvalue weighted by Gasteiger charge is 2.25. The first-order chi connectivity index (χ1) is 9.67. The van der Waals surface area contributed by atoms with E-state index in [9.17, 15) is 0 Å². The van der Waals surface area contributed by atoms with Crippen molar-refractivity contribution in [2.75, 3.05) is 13.1 Å². The monoisotopic (exact) mass is 273 g/mol. The summed E-state index contributed by atoms with van der Waals surface area (Å²) in [5.41, 5.74) is 7.72. The topological polar surface area (TPSA) is 59.5 Å². The highest BCUT2D eigenvalue weighted by molar-refractivity contribution is 5.46. The van der Waals surface area contributed by atoms with Gasteiger partial charge in [0.25, 0.3) is 0 Å². The molecule has 0 aromatic carbocycles. The third-order valence-corrected chi connectivity index (χ3v) is 4.23. The fraction of sp³-hybridized carbons (Fsp3) is 0.600. The van der Waals surface area contributed by atoms with Crippen molar-refractivity contribution in [1.29, 1.82) is 0 Å². The Morgan fingerprint density at radius 1 is 1.45 bits per heavy atom. The number of pyridine rings is 1. The van der Waals surface area contributed by atoms with Gasteiger partial charge in [0.05, 0.1) is 0 Å². The van der Waals surface area contributed by atoms with E-state index in [1.165, 1.54) is 13.0 Å². The molecule has 1 aliphatic rings. The van der Waals surface area contributed by atoms with E-state index in [1.54, 1.807) is 0 Å². The maximum atomic E-state index is 5.75. The summed E-state index contributed by atoms with van der Waals surface area (Å²) in [6, 6.07) is 4.63. The second kappa shape index (κ2) is 5.50. The van der Waals surface area contributed by atoms with E-state index in [2.05, 4.69) is 28.8 Å². The van der Waals surface area contributed by atoms with Crippen LogP contribution in [0.5, 0.6) is 0 Å². The lowest BCUT2D eigenvalue weighted by atomic mass is 10.1. The van der Waals surface area contributed by atoms with Crippen molar-refractivity contribution in [2.24, 2.45) is 11.7 Å². The Hall–Kier alpha value is -1.46. The normalized spacial score (nSPS) is 20.3. The first-order valence-electron chi connectivity index (χ1n) is 7.44. The van der Waals surface area contributed by atoms with Crippen LogP contribution < -0.4 is 5.73 Å².